The van der Waals surface area contributed by atoms with E-state index in [9.17, 15) is 13.5 Å². The Bertz CT molecular complexity index is 664. The molecular weight excluding hydrogens is 258 g/mol. The molecule has 0 fully saturated rings. The third-order valence-electron chi connectivity index (χ3n) is 1.88. The van der Waals surface area contributed by atoms with Gasteiger partial charge in [0.1, 0.15) is 23.5 Å². The van der Waals surface area contributed by atoms with Crippen molar-refractivity contribution in [2.45, 2.75) is 4.90 Å². The summed E-state index contributed by atoms with van der Waals surface area (Å²) in [6, 6.07) is 6.18. The lowest BCUT2D eigenvalue weighted by molar-refractivity contribution is 0.475. The quantitative estimate of drug-likeness (QED) is 0.421. The van der Waals surface area contributed by atoms with Crippen molar-refractivity contribution in [3.05, 3.63) is 30.0 Å². The number of hydrogen-bond donors (Lipinski definition) is 3. The molecule has 8 heteroatoms. The summed E-state index contributed by atoms with van der Waals surface area (Å²) in [6.45, 7) is 0. The molecule has 0 spiro atoms. The van der Waals surface area contributed by atoms with E-state index in [2.05, 4.69) is 5.32 Å². The van der Waals surface area contributed by atoms with Crippen molar-refractivity contribution in [1.82, 2.24) is 0 Å². The lowest BCUT2D eigenvalue weighted by Crippen LogP contribution is -1.99. The summed E-state index contributed by atoms with van der Waals surface area (Å²) in [6.07, 6.45) is 1.00. The summed E-state index contributed by atoms with van der Waals surface area (Å²) in [7, 11) is -4.39. The predicted octanol–water partition coefficient (Wildman–Crippen LogP) is 0.982. The molecule has 0 heterocycles. The molecule has 1 rings (SSSR count). The van der Waals surface area contributed by atoms with Gasteiger partial charge in [0.05, 0.1) is 10.6 Å². The number of benzene rings is 1. The third-order valence-corrected chi connectivity index (χ3v) is 2.73. The van der Waals surface area contributed by atoms with Crippen LogP contribution in [0.15, 0.2) is 34.9 Å². The fourth-order valence-corrected chi connectivity index (χ4v) is 1.54. The minimum Gasteiger partial charge on any atom is -0.506 e. The molecule has 7 nitrogen and oxygen atoms in total. The Morgan fingerprint density at radius 1 is 1.33 bits per heavy atom. The van der Waals surface area contributed by atoms with Gasteiger partial charge < -0.3 is 10.4 Å². The molecule has 0 saturated heterocycles. The lowest BCUT2D eigenvalue weighted by Gasteiger charge is -2.05. The van der Waals surface area contributed by atoms with Crippen LogP contribution in [0, 0.1) is 22.7 Å². The first-order chi connectivity index (χ1) is 8.38. The minimum absolute atomic E-state index is 0.0619. The van der Waals surface area contributed by atoms with E-state index in [1.54, 1.807) is 12.1 Å². The summed E-state index contributed by atoms with van der Waals surface area (Å²) in [5, 5.41) is 28.8. The predicted molar refractivity (Wildman–Crippen MR) is 60.9 cm³/mol. The fraction of sp³-hybridized carbons (Fsp3) is 0. The van der Waals surface area contributed by atoms with Crippen molar-refractivity contribution in [2.75, 3.05) is 5.32 Å². The number of anilines is 1. The summed E-state index contributed by atoms with van der Waals surface area (Å²) in [4.78, 5) is -0.424. The Morgan fingerprint density at radius 2 is 1.94 bits per heavy atom. The van der Waals surface area contributed by atoms with E-state index in [0.29, 0.717) is 0 Å². The molecule has 0 atom stereocenters. The summed E-state index contributed by atoms with van der Waals surface area (Å²) >= 11 is 0. The van der Waals surface area contributed by atoms with E-state index < -0.39 is 15.0 Å². The first-order valence-corrected chi connectivity index (χ1v) is 5.90. The van der Waals surface area contributed by atoms with Crippen LogP contribution in [-0.4, -0.2) is 18.1 Å². The summed E-state index contributed by atoms with van der Waals surface area (Å²) in [5.74, 6) is -0.297. The highest BCUT2D eigenvalue weighted by Gasteiger charge is 2.12. The van der Waals surface area contributed by atoms with Gasteiger partial charge in [0.2, 0.25) is 0 Å². The van der Waals surface area contributed by atoms with Crippen molar-refractivity contribution in [2.24, 2.45) is 0 Å². The molecule has 3 N–H and O–H groups in total. The SMILES string of the molecule is N#CC(C#N)=CNc1cc(S(=O)(=O)O)ccc1O. The van der Waals surface area contributed by atoms with Crippen molar-refractivity contribution < 1.29 is 18.1 Å². The third kappa shape index (κ3) is 3.22. The number of allylic oxidation sites excluding steroid dienone is 1. The molecule has 0 radical (unpaired) electrons. The lowest BCUT2D eigenvalue weighted by atomic mass is 10.3. The Labute approximate surface area is 103 Å². The normalized spacial score (nSPS) is 9.94. The number of aromatic hydroxyl groups is 1. The first kappa shape index (κ1) is 13.5. The second-order valence-electron chi connectivity index (χ2n) is 3.08. The van der Waals surface area contributed by atoms with E-state index in [1.807, 2.05) is 0 Å². The largest absolute Gasteiger partial charge is 0.506 e. The Balaban J connectivity index is 3.16. The van der Waals surface area contributed by atoms with Gasteiger partial charge in [-0.05, 0) is 18.2 Å². The fourth-order valence-electron chi connectivity index (χ4n) is 1.03. The summed E-state index contributed by atoms with van der Waals surface area (Å²) in [5.41, 5.74) is -0.320. The smallest absolute Gasteiger partial charge is 0.294 e. The van der Waals surface area contributed by atoms with Crippen LogP contribution in [0.5, 0.6) is 5.75 Å². The molecule has 0 bridgehead atoms. The standard InChI is InChI=1S/C10H7N3O4S/c11-4-7(5-12)6-13-9-3-8(18(15,16)17)1-2-10(9)14/h1-3,6,13-14H,(H,15,16,17). The number of phenolic OH excluding ortho intramolecular Hbond substituents is 1. The van der Waals surface area contributed by atoms with Crippen LogP contribution in [0.3, 0.4) is 0 Å². The average molecular weight is 265 g/mol. The monoisotopic (exact) mass is 265 g/mol. The molecule has 0 aromatic heterocycles. The number of phenols is 1. The molecule has 0 aliphatic rings. The van der Waals surface area contributed by atoms with E-state index in [-0.39, 0.29) is 17.0 Å². The summed E-state index contributed by atoms with van der Waals surface area (Å²) < 4.78 is 30.6. The van der Waals surface area contributed by atoms with Crippen molar-refractivity contribution in [3.8, 4) is 17.9 Å². The van der Waals surface area contributed by atoms with Crippen LogP contribution in [0.25, 0.3) is 0 Å². The van der Waals surface area contributed by atoms with Crippen molar-refractivity contribution in [3.63, 3.8) is 0 Å². The maximum Gasteiger partial charge on any atom is 0.294 e. The van der Waals surface area contributed by atoms with E-state index in [0.717, 1.165) is 24.4 Å². The van der Waals surface area contributed by atoms with Crippen LogP contribution >= 0.6 is 0 Å². The van der Waals surface area contributed by atoms with Crippen LogP contribution in [0.1, 0.15) is 0 Å². The molecular formula is C10H7N3O4S. The molecule has 0 aliphatic carbocycles. The van der Waals surface area contributed by atoms with E-state index in [4.69, 9.17) is 15.1 Å². The van der Waals surface area contributed by atoms with Gasteiger partial charge in [-0.15, -0.1) is 0 Å². The van der Waals surface area contributed by atoms with E-state index >= 15 is 0 Å². The topological polar surface area (TPSA) is 134 Å². The molecule has 0 aliphatic heterocycles. The maximum atomic E-state index is 10.9. The van der Waals surface area contributed by atoms with Crippen molar-refractivity contribution in [1.29, 1.82) is 10.5 Å². The maximum absolute atomic E-state index is 10.9. The van der Waals surface area contributed by atoms with Gasteiger partial charge in [-0.3, -0.25) is 4.55 Å². The highest BCUT2D eigenvalue weighted by atomic mass is 32.2. The molecule has 0 amide bonds. The van der Waals surface area contributed by atoms with Crippen LogP contribution < -0.4 is 5.32 Å². The van der Waals surface area contributed by atoms with Gasteiger partial charge in [-0.1, -0.05) is 0 Å². The van der Waals surface area contributed by atoms with Crippen LogP contribution in [0.4, 0.5) is 5.69 Å². The average Bonchev–Trinajstić information content (AvgIpc) is 2.31. The highest BCUT2D eigenvalue weighted by molar-refractivity contribution is 7.85. The first-order valence-electron chi connectivity index (χ1n) is 4.46. The van der Waals surface area contributed by atoms with Crippen LogP contribution in [0.2, 0.25) is 0 Å². The van der Waals surface area contributed by atoms with Crippen molar-refractivity contribution >= 4 is 15.8 Å². The Hall–Kier alpha value is -2.55. The number of nitrogens with one attached hydrogen (secondary N) is 1. The van der Waals surface area contributed by atoms with E-state index in [1.165, 1.54) is 0 Å². The minimum atomic E-state index is -4.39. The second-order valence-corrected chi connectivity index (χ2v) is 4.50. The Morgan fingerprint density at radius 3 is 2.44 bits per heavy atom. The molecule has 92 valence electrons. The molecule has 1 aromatic carbocycles. The van der Waals surface area contributed by atoms with Gasteiger partial charge >= 0.3 is 0 Å². The number of rotatable bonds is 3. The zero-order valence-electron chi connectivity index (χ0n) is 8.82. The van der Waals surface area contributed by atoms with Gasteiger partial charge in [0.15, 0.2) is 0 Å². The number of nitriles is 2. The van der Waals surface area contributed by atoms with Crippen LogP contribution in [-0.2, 0) is 10.1 Å². The Kier molecular flexibility index (Phi) is 3.89. The molecule has 0 unspecified atom stereocenters. The van der Waals surface area contributed by atoms with Gasteiger partial charge in [-0.25, -0.2) is 0 Å². The molecule has 1 aromatic rings. The zero-order chi connectivity index (χ0) is 13.8. The second kappa shape index (κ2) is 5.19. The zero-order valence-corrected chi connectivity index (χ0v) is 9.64. The molecule has 18 heavy (non-hydrogen) atoms. The number of hydrogen-bond acceptors (Lipinski definition) is 6. The van der Waals surface area contributed by atoms with Gasteiger partial charge in [-0.2, -0.15) is 18.9 Å². The highest BCUT2D eigenvalue weighted by Crippen LogP contribution is 2.26. The van der Waals surface area contributed by atoms with Gasteiger partial charge in [0, 0.05) is 6.20 Å². The van der Waals surface area contributed by atoms with Gasteiger partial charge in [0.25, 0.3) is 10.1 Å². The molecule has 0 saturated carbocycles. The number of nitrogens with zero attached hydrogens (tertiary/aromatic N) is 2.